The summed E-state index contributed by atoms with van der Waals surface area (Å²) in [6, 6.07) is 1.75. The quantitative estimate of drug-likeness (QED) is 0.786. The van der Waals surface area contributed by atoms with E-state index in [1.807, 2.05) is 4.90 Å². The smallest absolute Gasteiger partial charge is 0.267 e. The van der Waals surface area contributed by atoms with Crippen molar-refractivity contribution >= 4 is 11.8 Å². The van der Waals surface area contributed by atoms with Gasteiger partial charge in [-0.05, 0) is 43.6 Å². The molecule has 0 aromatic carbocycles. The number of amides is 2. The highest BCUT2D eigenvalue weighted by Gasteiger charge is 2.36. The molecule has 140 valence electrons. The van der Waals surface area contributed by atoms with Gasteiger partial charge in [-0.3, -0.25) is 14.4 Å². The van der Waals surface area contributed by atoms with E-state index in [-0.39, 0.29) is 23.3 Å². The summed E-state index contributed by atoms with van der Waals surface area (Å²) < 4.78 is 1.62. The molecule has 7 nitrogen and oxygen atoms in total. The Morgan fingerprint density at radius 3 is 2.69 bits per heavy atom. The van der Waals surface area contributed by atoms with Gasteiger partial charge in [0.2, 0.25) is 11.8 Å². The SMILES string of the molecule is CN1CC(C(=O)N2CCC(Cn3nc4c(cc3=O)CCC4)CC2)CC1=O. The summed E-state index contributed by atoms with van der Waals surface area (Å²) in [6.07, 6.45) is 5.13. The fraction of sp³-hybridized carbons (Fsp3) is 0.684. The second-order valence-electron chi connectivity index (χ2n) is 7.93. The molecule has 2 fully saturated rings. The van der Waals surface area contributed by atoms with Crippen molar-refractivity contribution in [3.8, 4) is 0 Å². The predicted octanol–water partition coefficient (Wildman–Crippen LogP) is 0.449. The minimum absolute atomic E-state index is 0.00309. The van der Waals surface area contributed by atoms with Crippen LogP contribution in [-0.4, -0.2) is 58.1 Å². The summed E-state index contributed by atoms with van der Waals surface area (Å²) in [6.45, 7) is 2.58. The molecular formula is C19H26N4O3. The first-order valence-corrected chi connectivity index (χ1v) is 9.64. The average molecular weight is 358 g/mol. The zero-order chi connectivity index (χ0) is 18.3. The molecule has 2 saturated heterocycles. The van der Waals surface area contributed by atoms with Gasteiger partial charge in [0.15, 0.2) is 0 Å². The first-order valence-electron chi connectivity index (χ1n) is 9.64. The first-order chi connectivity index (χ1) is 12.5. The van der Waals surface area contributed by atoms with Crippen molar-refractivity contribution in [2.45, 2.75) is 45.1 Å². The zero-order valence-electron chi connectivity index (χ0n) is 15.3. The van der Waals surface area contributed by atoms with Crippen molar-refractivity contribution < 1.29 is 9.59 Å². The Morgan fingerprint density at radius 1 is 1.23 bits per heavy atom. The fourth-order valence-electron chi connectivity index (χ4n) is 4.44. The molecule has 0 bridgehead atoms. The topological polar surface area (TPSA) is 75.5 Å². The van der Waals surface area contributed by atoms with E-state index in [0.717, 1.165) is 43.4 Å². The van der Waals surface area contributed by atoms with Crippen LogP contribution < -0.4 is 5.56 Å². The van der Waals surface area contributed by atoms with Crippen molar-refractivity contribution in [3.63, 3.8) is 0 Å². The van der Waals surface area contributed by atoms with Crippen LogP contribution in [0.5, 0.6) is 0 Å². The molecule has 2 aliphatic heterocycles. The number of fused-ring (bicyclic) bond motifs is 1. The van der Waals surface area contributed by atoms with Gasteiger partial charge in [-0.25, -0.2) is 4.68 Å². The van der Waals surface area contributed by atoms with Gasteiger partial charge in [-0.1, -0.05) is 0 Å². The van der Waals surface area contributed by atoms with Crippen LogP contribution in [0, 0.1) is 11.8 Å². The molecule has 1 aliphatic carbocycles. The van der Waals surface area contributed by atoms with Crippen LogP contribution in [0.15, 0.2) is 10.9 Å². The summed E-state index contributed by atoms with van der Waals surface area (Å²) in [5, 5.41) is 4.56. The number of aromatic nitrogens is 2. The normalized spacial score (nSPS) is 23.6. The van der Waals surface area contributed by atoms with Gasteiger partial charge >= 0.3 is 0 Å². The Balaban J connectivity index is 1.34. The number of carbonyl (C=O) groups excluding carboxylic acids is 2. The highest BCUT2D eigenvalue weighted by atomic mass is 16.2. The highest BCUT2D eigenvalue weighted by Crippen LogP contribution is 2.24. The molecular weight excluding hydrogens is 332 g/mol. The lowest BCUT2D eigenvalue weighted by atomic mass is 9.95. The van der Waals surface area contributed by atoms with E-state index < -0.39 is 0 Å². The number of hydrogen-bond acceptors (Lipinski definition) is 4. The maximum atomic E-state index is 12.6. The number of nitrogens with zero attached hydrogens (tertiary/aromatic N) is 4. The Morgan fingerprint density at radius 2 is 2.00 bits per heavy atom. The summed E-state index contributed by atoms with van der Waals surface area (Å²) in [5.41, 5.74) is 2.19. The van der Waals surface area contributed by atoms with Gasteiger partial charge in [0.25, 0.3) is 5.56 Å². The van der Waals surface area contributed by atoms with Crippen molar-refractivity contribution in [1.29, 1.82) is 0 Å². The number of hydrogen-bond donors (Lipinski definition) is 0. The molecule has 4 rings (SSSR count). The van der Waals surface area contributed by atoms with E-state index in [0.29, 0.717) is 38.5 Å². The molecule has 26 heavy (non-hydrogen) atoms. The number of rotatable bonds is 3. The van der Waals surface area contributed by atoms with E-state index in [4.69, 9.17) is 0 Å². The van der Waals surface area contributed by atoms with Crippen LogP contribution in [0.1, 0.15) is 36.9 Å². The molecule has 2 amide bonds. The first kappa shape index (κ1) is 17.2. The van der Waals surface area contributed by atoms with Gasteiger partial charge in [0.1, 0.15) is 0 Å². The van der Waals surface area contributed by atoms with Gasteiger partial charge < -0.3 is 9.80 Å². The molecule has 1 atom stereocenters. The molecule has 7 heteroatoms. The van der Waals surface area contributed by atoms with Crippen molar-refractivity contribution in [2.24, 2.45) is 11.8 Å². The summed E-state index contributed by atoms with van der Waals surface area (Å²) in [4.78, 5) is 40.1. The number of piperidine rings is 1. The second-order valence-corrected chi connectivity index (χ2v) is 7.93. The molecule has 0 N–H and O–H groups in total. The van der Waals surface area contributed by atoms with Crippen molar-refractivity contribution in [2.75, 3.05) is 26.7 Å². The maximum Gasteiger partial charge on any atom is 0.267 e. The molecule has 0 radical (unpaired) electrons. The van der Waals surface area contributed by atoms with Gasteiger partial charge in [0, 0.05) is 45.7 Å². The number of carbonyl (C=O) groups is 2. The number of aryl methyl sites for hydroxylation is 2. The summed E-state index contributed by atoms with van der Waals surface area (Å²) >= 11 is 0. The van der Waals surface area contributed by atoms with E-state index in [2.05, 4.69) is 5.10 Å². The Bertz CT molecular complexity index is 779. The summed E-state index contributed by atoms with van der Waals surface area (Å²) in [5.74, 6) is 0.343. The average Bonchev–Trinajstić information content (AvgIpc) is 3.21. The largest absolute Gasteiger partial charge is 0.345 e. The van der Waals surface area contributed by atoms with Gasteiger partial charge in [-0.2, -0.15) is 5.10 Å². The standard InChI is InChI=1S/C19H26N4O3/c1-21-12-15(10-17(21)24)19(26)22-7-5-13(6-8-22)11-23-18(25)9-14-3-2-4-16(14)20-23/h9,13,15H,2-8,10-12H2,1H3. The van der Waals surface area contributed by atoms with Gasteiger partial charge in [0.05, 0.1) is 11.6 Å². The molecule has 3 aliphatic rings. The third-order valence-electron chi connectivity index (χ3n) is 6.07. The predicted molar refractivity (Wildman–Crippen MR) is 95.6 cm³/mol. The van der Waals surface area contributed by atoms with Crippen LogP contribution in [0.4, 0.5) is 0 Å². The van der Waals surface area contributed by atoms with Crippen molar-refractivity contribution in [1.82, 2.24) is 19.6 Å². The van der Waals surface area contributed by atoms with Crippen LogP contribution in [0.25, 0.3) is 0 Å². The van der Waals surface area contributed by atoms with E-state index in [1.54, 1.807) is 22.7 Å². The van der Waals surface area contributed by atoms with Crippen LogP contribution in [0.2, 0.25) is 0 Å². The van der Waals surface area contributed by atoms with Crippen molar-refractivity contribution in [3.05, 3.63) is 27.7 Å². The van der Waals surface area contributed by atoms with Crippen LogP contribution >= 0.6 is 0 Å². The molecule has 1 aromatic rings. The second kappa shape index (κ2) is 6.85. The molecule has 0 spiro atoms. The number of likely N-dealkylation sites (tertiary alicyclic amines) is 2. The lowest BCUT2D eigenvalue weighted by Crippen LogP contribution is -2.43. The fourth-order valence-corrected chi connectivity index (χ4v) is 4.44. The minimum atomic E-state index is -0.190. The molecule has 3 heterocycles. The Kier molecular flexibility index (Phi) is 4.54. The lowest BCUT2D eigenvalue weighted by Gasteiger charge is -2.33. The third-order valence-corrected chi connectivity index (χ3v) is 6.07. The molecule has 0 saturated carbocycles. The lowest BCUT2D eigenvalue weighted by molar-refractivity contribution is -0.137. The van der Waals surface area contributed by atoms with Crippen LogP contribution in [-0.2, 0) is 29.0 Å². The van der Waals surface area contributed by atoms with E-state index >= 15 is 0 Å². The molecule has 1 aromatic heterocycles. The zero-order valence-corrected chi connectivity index (χ0v) is 15.3. The van der Waals surface area contributed by atoms with E-state index in [1.165, 1.54) is 0 Å². The Labute approximate surface area is 153 Å². The van der Waals surface area contributed by atoms with E-state index in [9.17, 15) is 14.4 Å². The third kappa shape index (κ3) is 3.27. The Hall–Kier alpha value is -2.18. The van der Waals surface area contributed by atoms with Crippen LogP contribution in [0.3, 0.4) is 0 Å². The monoisotopic (exact) mass is 358 g/mol. The summed E-state index contributed by atoms with van der Waals surface area (Å²) in [7, 11) is 1.75. The molecule has 1 unspecified atom stereocenters. The van der Waals surface area contributed by atoms with Gasteiger partial charge in [-0.15, -0.1) is 0 Å². The maximum absolute atomic E-state index is 12.6. The highest BCUT2D eigenvalue weighted by molar-refractivity contribution is 5.89. The minimum Gasteiger partial charge on any atom is -0.345 e.